The van der Waals surface area contributed by atoms with E-state index in [4.69, 9.17) is 9.40 Å². The van der Waals surface area contributed by atoms with Crippen molar-refractivity contribution in [3.8, 4) is 11.4 Å². The van der Waals surface area contributed by atoms with E-state index in [0.717, 1.165) is 61.2 Å². The minimum Gasteiger partial charge on any atom is -0.456 e. The molecule has 4 aromatic heterocycles. The Labute approximate surface area is 245 Å². The number of imidazole rings is 2. The zero-order valence-electron chi connectivity index (χ0n) is 23.3. The molecule has 0 aliphatic carbocycles. The quantitative estimate of drug-likeness (QED) is 0.214. The average Bonchev–Trinajstić information content (AvgIpc) is 3.77. The molecular formula is C38H24N4O. The van der Waals surface area contributed by atoms with Crippen LogP contribution in [0.2, 0.25) is 0 Å². The molecule has 0 radical (unpaired) electrons. The number of hydrogen-bond acceptors (Lipinski definition) is 2. The highest BCUT2D eigenvalue weighted by molar-refractivity contribution is 6.10. The Morgan fingerprint density at radius 3 is 1.91 bits per heavy atom. The first-order chi connectivity index (χ1) is 21.2. The van der Waals surface area contributed by atoms with E-state index in [9.17, 15) is 0 Å². The molecule has 0 atom stereocenters. The fourth-order valence-electron chi connectivity index (χ4n) is 7.00. The van der Waals surface area contributed by atoms with Gasteiger partial charge in [-0.15, -0.1) is 0 Å². The molecule has 0 aliphatic heterocycles. The topological polar surface area (TPSA) is 40.3 Å². The second-order valence-corrected chi connectivity index (χ2v) is 11.4. The number of benzene rings is 6. The van der Waals surface area contributed by atoms with E-state index in [1.807, 2.05) is 6.07 Å². The van der Waals surface area contributed by atoms with Gasteiger partial charge >= 0.3 is 0 Å². The second kappa shape index (κ2) is 8.14. The van der Waals surface area contributed by atoms with Crippen LogP contribution in [0.4, 0.5) is 0 Å². The summed E-state index contributed by atoms with van der Waals surface area (Å²) < 4.78 is 13.2. The predicted octanol–water partition coefficient (Wildman–Crippen LogP) is 9.74. The van der Waals surface area contributed by atoms with Crippen LogP contribution in [0.25, 0.3) is 83.0 Å². The molecule has 43 heavy (non-hydrogen) atoms. The molecule has 5 nitrogen and oxygen atoms in total. The summed E-state index contributed by atoms with van der Waals surface area (Å²) in [5, 5.41) is 4.73. The number of para-hydroxylation sites is 4. The summed E-state index contributed by atoms with van der Waals surface area (Å²) in [6, 6.07) is 45.3. The van der Waals surface area contributed by atoms with Gasteiger partial charge in [0.15, 0.2) is 0 Å². The van der Waals surface area contributed by atoms with Crippen LogP contribution in [0.5, 0.6) is 0 Å². The predicted molar refractivity (Wildman–Crippen MR) is 176 cm³/mol. The van der Waals surface area contributed by atoms with Crippen molar-refractivity contribution in [2.45, 2.75) is 6.92 Å². The molecule has 0 bridgehead atoms. The van der Waals surface area contributed by atoms with Crippen molar-refractivity contribution >= 4 is 71.6 Å². The highest BCUT2D eigenvalue weighted by atomic mass is 16.3. The van der Waals surface area contributed by atoms with Crippen molar-refractivity contribution in [2.24, 2.45) is 0 Å². The lowest BCUT2D eigenvalue weighted by Gasteiger charge is -2.10. The summed E-state index contributed by atoms with van der Waals surface area (Å²) in [4.78, 5) is 5.16. The number of furan rings is 1. The van der Waals surface area contributed by atoms with Crippen LogP contribution in [0.3, 0.4) is 0 Å². The molecule has 0 aliphatic rings. The monoisotopic (exact) mass is 552 g/mol. The van der Waals surface area contributed by atoms with Gasteiger partial charge in [0.1, 0.15) is 11.2 Å². The zero-order valence-corrected chi connectivity index (χ0v) is 23.3. The largest absolute Gasteiger partial charge is 0.456 e. The number of fused-ring (bicyclic) bond motifs is 11. The molecule has 0 saturated carbocycles. The summed E-state index contributed by atoms with van der Waals surface area (Å²) in [6.45, 7) is 2.12. The van der Waals surface area contributed by atoms with Crippen LogP contribution >= 0.6 is 0 Å². The summed E-state index contributed by atoms with van der Waals surface area (Å²) in [5.74, 6) is 0.888. The fourth-order valence-corrected chi connectivity index (χ4v) is 7.00. The van der Waals surface area contributed by atoms with Crippen LogP contribution in [-0.4, -0.2) is 18.5 Å². The van der Waals surface area contributed by atoms with E-state index in [-0.39, 0.29) is 0 Å². The van der Waals surface area contributed by atoms with Crippen molar-refractivity contribution < 1.29 is 4.42 Å². The Hall–Kier alpha value is -5.81. The highest BCUT2D eigenvalue weighted by Crippen LogP contribution is 2.37. The smallest absolute Gasteiger partial charge is 0.220 e. The van der Waals surface area contributed by atoms with Gasteiger partial charge in [0.25, 0.3) is 0 Å². The summed E-state index contributed by atoms with van der Waals surface area (Å²) in [5.41, 5.74) is 11.8. The molecule has 10 aromatic rings. The van der Waals surface area contributed by atoms with Crippen molar-refractivity contribution in [1.82, 2.24) is 18.5 Å². The van der Waals surface area contributed by atoms with Gasteiger partial charge in [0.2, 0.25) is 5.78 Å². The summed E-state index contributed by atoms with van der Waals surface area (Å²) >= 11 is 0. The first-order valence-electron chi connectivity index (χ1n) is 14.6. The van der Waals surface area contributed by atoms with Gasteiger partial charge < -0.3 is 8.98 Å². The van der Waals surface area contributed by atoms with Crippen molar-refractivity contribution in [1.29, 1.82) is 0 Å². The van der Waals surface area contributed by atoms with Crippen molar-refractivity contribution in [3.05, 3.63) is 133 Å². The molecule has 4 heterocycles. The van der Waals surface area contributed by atoms with E-state index in [2.05, 4.69) is 142 Å². The van der Waals surface area contributed by atoms with E-state index in [0.29, 0.717) is 0 Å². The van der Waals surface area contributed by atoms with Gasteiger partial charge in [-0.2, -0.15) is 0 Å². The lowest BCUT2D eigenvalue weighted by atomic mass is 10.1. The highest BCUT2D eigenvalue weighted by Gasteiger charge is 2.20. The lowest BCUT2D eigenvalue weighted by Crippen LogP contribution is -1.97. The van der Waals surface area contributed by atoms with Crippen LogP contribution in [0.1, 0.15) is 5.56 Å². The Bertz CT molecular complexity index is 2700. The number of hydrogen-bond donors (Lipinski definition) is 0. The third kappa shape index (κ3) is 3.03. The molecule has 0 saturated heterocycles. The SMILES string of the molecule is Cc1ccc2oc3ccc(-n4c5cc(-n6c7ccccc7c7ccccc76)ccc5n5c6ccccc6nc45)cc3c2c1. The summed E-state index contributed by atoms with van der Waals surface area (Å²) in [6.07, 6.45) is 0. The van der Waals surface area contributed by atoms with E-state index >= 15 is 0 Å². The molecule has 0 amide bonds. The molecule has 0 fully saturated rings. The number of rotatable bonds is 2. The van der Waals surface area contributed by atoms with Gasteiger partial charge in [-0.1, -0.05) is 60.2 Å². The maximum atomic E-state index is 6.22. The van der Waals surface area contributed by atoms with Gasteiger partial charge in [-0.25, -0.2) is 4.98 Å². The molecule has 10 rings (SSSR count). The van der Waals surface area contributed by atoms with Crippen LogP contribution in [-0.2, 0) is 0 Å². The average molecular weight is 553 g/mol. The minimum absolute atomic E-state index is 0.885. The maximum Gasteiger partial charge on any atom is 0.220 e. The Balaban J connectivity index is 1.33. The van der Waals surface area contributed by atoms with Gasteiger partial charge in [-0.05, 0) is 79.7 Å². The fraction of sp³-hybridized carbons (Fsp3) is 0.0263. The lowest BCUT2D eigenvalue weighted by molar-refractivity contribution is 0.669. The second-order valence-electron chi connectivity index (χ2n) is 11.4. The van der Waals surface area contributed by atoms with E-state index in [1.54, 1.807) is 0 Å². The standard InChI is InChI=1S/C38H24N4O/c1-23-14-18-36-28(20-23)29-21-24(16-19-37(29)43-36)41-35-22-25(15-17-34(35)42-33-13-7-4-10-30(33)39-38(41)42)40-31-11-5-2-8-26(31)27-9-3-6-12-32(27)40/h2-22H,1H3. The first-order valence-corrected chi connectivity index (χ1v) is 14.6. The minimum atomic E-state index is 0.885. The van der Waals surface area contributed by atoms with Crippen LogP contribution in [0, 0.1) is 6.92 Å². The van der Waals surface area contributed by atoms with Gasteiger partial charge in [0.05, 0.1) is 38.8 Å². The maximum absolute atomic E-state index is 6.22. The molecule has 0 spiro atoms. The molecule has 5 heteroatoms. The van der Waals surface area contributed by atoms with Gasteiger partial charge in [0, 0.05) is 27.2 Å². The van der Waals surface area contributed by atoms with E-state index < -0.39 is 0 Å². The van der Waals surface area contributed by atoms with E-state index in [1.165, 1.54) is 27.4 Å². The normalized spacial score (nSPS) is 12.3. The molecule has 202 valence electrons. The number of aromatic nitrogens is 4. The zero-order chi connectivity index (χ0) is 28.2. The van der Waals surface area contributed by atoms with Crippen LogP contribution < -0.4 is 0 Å². The molecule has 0 N–H and O–H groups in total. The Kier molecular flexibility index (Phi) is 4.32. The Morgan fingerprint density at radius 1 is 0.488 bits per heavy atom. The molecule has 0 unspecified atom stereocenters. The molecule has 6 aromatic carbocycles. The Morgan fingerprint density at radius 2 is 1.12 bits per heavy atom. The van der Waals surface area contributed by atoms with Crippen molar-refractivity contribution in [3.63, 3.8) is 0 Å². The van der Waals surface area contributed by atoms with Crippen molar-refractivity contribution in [2.75, 3.05) is 0 Å². The third-order valence-corrected chi connectivity index (χ3v) is 8.89. The molecular weight excluding hydrogens is 528 g/mol. The first kappa shape index (κ1) is 22.8. The third-order valence-electron chi connectivity index (χ3n) is 8.89. The summed E-state index contributed by atoms with van der Waals surface area (Å²) in [7, 11) is 0. The number of nitrogens with zero attached hydrogens (tertiary/aromatic N) is 4. The number of aryl methyl sites for hydroxylation is 1. The van der Waals surface area contributed by atoms with Gasteiger partial charge in [-0.3, -0.25) is 8.97 Å². The van der Waals surface area contributed by atoms with Crippen LogP contribution in [0.15, 0.2) is 132 Å².